The van der Waals surface area contributed by atoms with Crippen molar-refractivity contribution in [3.05, 3.63) is 0 Å². The average molecular weight is 417 g/mol. The predicted molar refractivity (Wildman–Crippen MR) is 4.44 cm³/mol. The van der Waals surface area contributed by atoms with E-state index >= 15 is 0 Å². The molecule has 0 saturated carbocycles. The maximum Gasteiger partial charge on any atom is 0.503 e. The molecule has 0 aromatic rings. The normalized spacial score (nSPS) is 8.00. The van der Waals surface area contributed by atoms with Crippen molar-refractivity contribution in [1.29, 1.82) is 0 Å². The molecule has 0 rings (SSSR count). The fourth-order valence-corrected chi connectivity index (χ4v) is 0. The molecule has 0 aromatic heterocycles. The second-order valence-electron chi connectivity index (χ2n) is 0.402. The number of hydrogen-bond donors (Lipinski definition) is 2. The first kappa shape index (κ1) is 17.1. The van der Waals surface area contributed by atoms with Gasteiger partial charge in [0.05, 0.1) is 0 Å². The molecule has 0 aliphatic heterocycles. The Balaban J connectivity index is -0.0000000720. The van der Waals surface area contributed by atoms with Crippen molar-refractivity contribution in [2.75, 3.05) is 0 Å². The van der Waals surface area contributed by atoms with Crippen molar-refractivity contribution in [1.82, 2.24) is 0 Å². The molecule has 0 atom stereocenters. The third-order valence-corrected chi connectivity index (χ3v) is 0. The van der Waals surface area contributed by atoms with Gasteiger partial charge in [-0.2, -0.15) is 0 Å². The molecule has 0 saturated heterocycles. The van der Waals surface area contributed by atoms with Gasteiger partial charge in [0.2, 0.25) is 0 Å². The van der Waals surface area contributed by atoms with Crippen molar-refractivity contribution in [3.63, 3.8) is 0 Å². The second-order valence-corrected chi connectivity index (χ2v) is 2.70. The third kappa shape index (κ3) is 178. The van der Waals surface area contributed by atoms with Crippen molar-refractivity contribution in [2.45, 2.75) is 0 Å². The van der Waals surface area contributed by atoms with Gasteiger partial charge in [0, 0.05) is 19.5 Å². The summed E-state index contributed by atoms with van der Waals surface area (Å²) < 4.78 is 48.9. The van der Waals surface area contributed by atoms with Gasteiger partial charge in [-0.25, -0.2) is 0 Å². The first-order chi connectivity index (χ1) is 3.46. The van der Waals surface area contributed by atoms with E-state index in [0.29, 0.717) is 0 Å². The molecular formula is H2I2O6Zn. The van der Waals surface area contributed by atoms with Crippen molar-refractivity contribution in [3.8, 4) is 0 Å². The summed E-state index contributed by atoms with van der Waals surface area (Å²) in [7, 11) is 0. The standard InChI is InChI=1S/2HIO3.Zn/c2*2-1(3)4;/h2*2H;. The molecule has 0 radical (unpaired) electrons. The Morgan fingerprint density at radius 2 is 0.778 bits per heavy atom. The largest absolute Gasteiger partial charge is 0.503 e. The zero-order valence-electron chi connectivity index (χ0n) is 3.99. The summed E-state index contributed by atoms with van der Waals surface area (Å²) in [6.07, 6.45) is 0. The van der Waals surface area contributed by atoms with Crippen molar-refractivity contribution in [2.24, 2.45) is 0 Å². The van der Waals surface area contributed by atoms with Gasteiger partial charge >= 0.3 is 42.1 Å². The van der Waals surface area contributed by atoms with Crippen LogP contribution in [0.5, 0.6) is 0 Å². The zero-order valence-corrected chi connectivity index (χ0v) is 11.3. The predicted octanol–water partition coefficient (Wildman–Crippen LogP) is -11.9. The van der Waals surface area contributed by atoms with E-state index in [1.54, 1.807) is 0 Å². The summed E-state index contributed by atoms with van der Waals surface area (Å²) in [4.78, 5) is 0. The minimum Gasteiger partial charge on any atom is -0.396 e. The van der Waals surface area contributed by atoms with Crippen molar-refractivity contribution >= 4 is 0 Å². The van der Waals surface area contributed by atoms with E-state index in [1.807, 2.05) is 0 Å². The molecular weight excluding hydrogens is 415 g/mol. The molecule has 0 fully saturated rings. The molecule has 9 heteroatoms. The van der Waals surface area contributed by atoms with Gasteiger partial charge in [-0.1, -0.05) is 0 Å². The summed E-state index contributed by atoms with van der Waals surface area (Å²) >= 11 is -7.53. The van der Waals surface area contributed by atoms with E-state index < -0.39 is 42.1 Å². The van der Waals surface area contributed by atoms with E-state index in [1.165, 1.54) is 0 Å². The van der Waals surface area contributed by atoms with Crippen LogP contribution in [0.2, 0.25) is 0 Å². The van der Waals surface area contributed by atoms with Crippen LogP contribution < -0.4 is 55.9 Å². The molecule has 0 aromatic carbocycles. The Labute approximate surface area is 81.4 Å². The van der Waals surface area contributed by atoms with Crippen LogP contribution in [0, 0.1) is 0 Å². The molecule has 0 heterocycles. The Morgan fingerprint density at radius 3 is 0.778 bits per heavy atom. The second kappa shape index (κ2) is 12.5. The Bertz CT molecular complexity index is 26.5. The summed E-state index contributed by atoms with van der Waals surface area (Å²) in [5, 5.41) is 0. The van der Waals surface area contributed by atoms with Gasteiger partial charge in [-0.3, -0.25) is 0 Å². The SMILES string of the molecule is [O-][I+2]([O-])O.[O-][I+2]([O-])O.[Zn]. The van der Waals surface area contributed by atoms with Gasteiger partial charge in [0.25, 0.3) is 0 Å². The maximum absolute atomic E-state index is 8.68. The van der Waals surface area contributed by atoms with Crippen LogP contribution in [0.1, 0.15) is 0 Å². The number of rotatable bonds is 0. The number of halogens is 2. The third-order valence-electron chi connectivity index (χ3n) is 0. The minimum atomic E-state index is -3.76. The smallest absolute Gasteiger partial charge is 0.396 e. The molecule has 0 bridgehead atoms. The van der Waals surface area contributed by atoms with Gasteiger partial charge < -0.3 is 13.7 Å². The molecule has 0 spiro atoms. The van der Waals surface area contributed by atoms with Gasteiger partial charge in [-0.05, 0) is 6.87 Å². The van der Waals surface area contributed by atoms with Gasteiger partial charge in [0.15, 0.2) is 0 Å². The van der Waals surface area contributed by atoms with Crippen LogP contribution >= 0.6 is 0 Å². The van der Waals surface area contributed by atoms with E-state index in [2.05, 4.69) is 0 Å². The Kier molecular flexibility index (Phi) is 23.7. The van der Waals surface area contributed by atoms with E-state index in [4.69, 9.17) is 20.6 Å². The van der Waals surface area contributed by atoms with Crippen LogP contribution in [-0.2, 0) is 19.5 Å². The minimum absolute atomic E-state index is 0. The first-order valence-electron chi connectivity index (χ1n) is 0.955. The molecule has 0 unspecified atom stereocenters. The number of hydrogen-bond acceptors (Lipinski definition) is 6. The Hall–Kier alpha value is 1.84. The molecule has 54 valence electrons. The monoisotopic (exact) mass is 416 g/mol. The van der Waals surface area contributed by atoms with E-state index in [9.17, 15) is 0 Å². The zero-order chi connectivity index (χ0) is 7.15. The van der Waals surface area contributed by atoms with E-state index in [0.717, 1.165) is 0 Å². The van der Waals surface area contributed by atoms with Crippen molar-refractivity contribution < 1.29 is 82.2 Å². The first-order valence-corrected chi connectivity index (χ1v) is 6.41. The van der Waals surface area contributed by atoms with Crippen LogP contribution in [0.25, 0.3) is 0 Å². The van der Waals surface area contributed by atoms with Crippen LogP contribution in [0.4, 0.5) is 0 Å². The average Bonchev–Trinajstić information content (AvgIpc) is 1.25. The molecule has 0 aliphatic carbocycles. The van der Waals surface area contributed by atoms with Gasteiger partial charge in [0.1, 0.15) is 0 Å². The summed E-state index contributed by atoms with van der Waals surface area (Å²) in [5.41, 5.74) is 0. The topological polar surface area (TPSA) is 133 Å². The molecule has 0 aliphatic rings. The molecule has 0 amide bonds. The molecule has 6 nitrogen and oxygen atoms in total. The Morgan fingerprint density at radius 1 is 0.778 bits per heavy atom. The summed E-state index contributed by atoms with van der Waals surface area (Å²) in [6.45, 7) is 0. The maximum atomic E-state index is 8.68. The quantitative estimate of drug-likeness (QED) is 0.297. The fourth-order valence-electron chi connectivity index (χ4n) is 0. The molecule has 9 heavy (non-hydrogen) atoms. The summed E-state index contributed by atoms with van der Waals surface area (Å²) in [5.74, 6) is 0. The van der Waals surface area contributed by atoms with Gasteiger partial charge in [-0.15, -0.1) is 0 Å². The van der Waals surface area contributed by atoms with Crippen LogP contribution in [-0.4, -0.2) is 6.87 Å². The van der Waals surface area contributed by atoms with Crippen LogP contribution in [0.15, 0.2) is 0 Å². The fraction of sp³-hybridized carbons (Fsp3) is 0. The van der Waals surface area contributed by atoms with E-state index in [-0.39, 0.29) is 19.5 Å². The summed E-state index contributed by atoms with van der Waals surface area (Å²) in [6, 6.07) is 0. The molecule has 2 N–H and O–H groups in total. The van der Waals surface area contributed by atoms with Crippen LogP contribution in [0.3, 0.4) is 0 Å².